The average molecular weight is 394 g/mol. The first-order chi connectivity index (χ1) is 14.2. The molecule has 5 rings (SSSR count). The van der Waals surface area contributed by atoms with Crippen molar-refractivity contribution in [1.29, 1.82) is 0 Å². The molecule has 1 aromatic carbocycles. The number of carbonyl (C=O) groups is 1. The van der Waals surface area contributed by atoms with Gasteiger partial charge >= 0.3 is 0 Å². The lowest BCUT2D eigenvalue weighted by atomic mass is 9.95. The van der Waals surface area contributed by atoms with Gasteiger partial charge < -0.3 is 4.90 Å². The van der Waals surface area contributed by atoms with Crippen molar-refractivity contribution < 1.29 is 9.18 Å². The van der Waals surface area contributed by atoms with E-state index in [2.05, 4.69) is 10.1 Å². The van der Waals surface area contributed by atoms with E-state index in [9.17, 15) is 9.18 Å². The highest BCUT2D eigenvalue weighted by Gasteiger charge is 2.31. The summed E-state index contributed by atoms with van der Waals surface area (Å²) in [4.78, 5) is 19.2. The molecular formula is C21H23FN6O. The van der Waals surface area contributed by atoms with E-state index < -0.39 is 0 Å². The molecule has 2 aliphatic rings. The van der Waals surface area contributed by atoms with Crippen LogP contribution in [0.15, 0.2) is 36.9 Å². The number of amides is 1. The fourth-order valence-corrected chi connectivity index (χ4v) is 4.46. The van der Waals surface area contributed by atoms with Crippen molar-refractivity contribution in [2.24, 2.45) is 0 Å². The summed E-state index contributed by atoms with van der Waals surface area (Å²) in [6, 6.07) is 6.59. The van der Waals surface area contributed by atoms with Gasteiger partial charge in [-0.05, 0) is 62.8 Å². The molecule has 0 N–H and O–H groups in total. The molecule has 1 aliphatic heterocycles. The first kappa shape index (κ1) is 18.0. The minimum absolute atomic E-state index is 0.000974. The number of hydrogen-bond acceptors (Lipinski definition) is 4. The Morgan fingerprint density at radius 1 is 1.07 bits per heavy atom. The number of fused-ring (bicyclic) bond motifs is 1. The Hall–Kier alpha value is -3.03. The summed E-state index contributed by atoms with van der Waals surface area (Å²) in [5.41, 5.74) is 3.50. The van der Waals surface area contributed by atoms with Crippen molar-refractivity contribution in [3.05, 3.63) is 59.7 Å². The summed E-state index contributed by atoms with van der Waals surface area (Å²) < 4.78 is 17.1. The summed E-state index contributed by atoms with van der Waals surface area (Å²) >= 11 is 0. The number of piperidine rings is 1. The molecule has 8 heteroatoms. The van der Waals surface area contributed by atoms with Crippen LogP contribution >= 0.6 is 0 Å². The maximum absolute atomic E-state index is 13.4. The second-order valence-corrected chi connectivity index (χ2v) is 7.77. The van der Waals surface area contributed by atoms with Crippen LogP contribution in [0, 0.1) is 5.82 Å². The smallest absolute Gasteiger partial charge is 0.274 e. The topological polar surface area (TPSA) is 68.8 Å². The van der Waals surface area contributed by atoms with E-state index in [4.69, 9.17) is 5.10 Å². The van der Waals surface area contributed by atoms with Crippen LogP contribution in [0.4, 0.5) is 4.39 Å². The zero-order valence-electron chi connectivity index (χ0n) is 16.2. The average Bonchev–Trinajstić information content (AvgIpc) is 3.43. The van der Waals surface area contributed by atoms with Crippen molar-refractivity contribution >= 4 is 5.91 Å². The molecule has 0 unspecified atom stereocenters. The molecule has 0 spiro atoms. The highest BCUT2D eigenvalue weighted by Crippen LogP contribution is 2.29. The molecule has 0 bridgehead atoms. The van der Waals surface area contributed by atoms with Gasteiger partial charge in [0.15, 0.2) is 5.69 Å². The predicted octanol–water partition coefficient (Wildman–Crippen LogP) is 2.96. The van der Waals surface area contributed by atoms with Gasteiger partial charge in [0.2, 0.25) is 0 Å². The van der Waals surface area contributed by atoms with Crippen LogP contribution in [0.2, 0.25) is 0 Å². The van der Waals surface area contributed by atoms with Crippen molar-refractivity contribution in [1.82, 2.24) is 29.4 Å². The molecule has 7 nitrogen and oxygen atoms in total. The fourth-order valence-electron chi connectivity index (χ4n) is 4.46. The van der Waals surface area contributed by atoms with Gasteiger partial charge in [-0.3, -0.25) is 4.79 Å². The molecule has 3 aromatic rings. The monoisotopic (exact) mass is 394 g/mol. The van der Waals surface area contributed by atoms with E-state index in [1.54, 1.807) is 24.8 Å². The Balaban J connectivity index is 1.40. The minimum atomic E-state index is -0.277. The third-order valence-corrected chi connectivity index (χ3v) is 6.02. The van der Waals surface area contributed by atoms with Crippen LogP contribution in [0.5, 0.6) is 0 Å². The molecule has 29 heavy (non-hydrogen) atoms. The van der Waals surface area contributed by atoms with E-state index >= 15 is 0 Å². The number of hydrogen-bond donors (Lipinski definition) is 0. The first-order valence-corrected chi connectivity index (χ1v) is 10.2. The molecule has 0 radical (unpaired) electrons. The van der Waals surface area contributed by atoms with E-state index in [-0.39, 0.29) is 17.8 Å². The lowest BCUT2D eigenvalue weighted by molar-refractivity contribution is 0.0682. The highest BCUT2D eigenvalue weighted by atomic mass is 19.1. The van der Waals surface area contributed by atoms with Gasteiger partial charge in [0.05, 0.1) is 11.7 Å². The molecule has 2 aromatic heterocycles. The largest absolute Gasteiger partial charge is 0.337 e. The standard InChI is InChI=1S/C21H23FN6O/c22-15-5-7-17(8-6-15)28-19-4-2-1-3-18(19)20(25-28)21(29)26-11-9-16(10-12-26)27-14-23-13-24-27/h5-8,13-14,16H,1-4,9-12H2. The number of aromatic nitrogens is 5. The van der Waals surface area contributed by atoms with Crippen LogP contribution in [0.25, 0.3) is 5.69 Å². The summed E-state index contributed by atoms with van der Waals surface area (Å²) in [6.45, 7) is 1.36. The number of rotatable bonds is 3. The van der Waals surface area contributed by atoms with Gasteiger partial charge in [0.1, 0.15) is 18.5 Å². The van der Waals surface area contributed by atoms with Crippen molar-refractivity contribution in [3.63, 3.8) is 0 Å². The molecule has 1 saturated heterocycles. The lowest BCUT2D eigenvalue weighted by Gasteiger charge is -2.31. The Morgan fingerprint density at radius 3 is 2.55 bits per heavy atom. The van der Waals surface area contributed by atoms with Crippen LogP contribution in [0.1, 0.15) is 53.5 Å². The highest BCUT2D eigenvalue weighted by molar-refractivity contribution is 5.94. The zero-order chi connectivity index (χ0) is 19.8. The Morgan fingerprint density at radius 2 is 1.83 bits per heavy atom. The molecule has 1 fully saturated rings. The van der Waals surface area contributed by atoms with E-state index in [1.807, 2.05) is 14.3 Å². The molecule has 150 valence electrons. The maximum atomic E-state index is 13.4. The van der Waals surface area contributed by atoms with Gasteiger partial charge in [-0.2, -0.15) is 10.2 Å². The Kier molecular flexibility index (Phi) is 4.61. The summed E-state index contributed by atoms with van der Waals surface area (Å²) in [5, 5.41) is 8.94. The van der Waals surface area contributed by atoms with Gasteiger partial charge in [0.25, 0.3) is 5.91 Å². The summed E-state index contributed by atoms with van der Waals surface area (Å²) in [5.74, 6) is -0.276. The number of likely N-dealkylation sites (tertiary alicyclic amines) is 1. The Bertz CT molecular complexity index is 1000. The molecule has 0 atom stereocenters. The number of benzene rings is 1. The maximum Gasteiger partial charge on any atom is 0.274 e. The third-order valence-electron chi connectivity index (χ3n) is 6.02. The molecule has 0 saturated carbocycles. The lowest BCUT2D eigenvalue weighted by Crippen LogP contribution is -2.39. The molecule has 1 amide bonds. The van der Waals surface area contributed by atoms with E-state index in [0.29, 0.717) is 18.8 Å². The normalized spacial score (nSPS) is 17.3. The third kappa shape index (κ3) is 3.32. The summed E-state index contributed by atoms with van der Waals surface area (Å²) in [6.07, 6.45) is 8.91. The van der Waals surface area contributed by atoms with Crippen molar-refractivity contribution in [2.45, 2.75) is 44.6 Å². The first-order valence-electron chi connectivity index (χ1n) is 10.2. The van der Waals surface area contributed by atoms with Gasteiger partial charge in [-0.25, -0.2) is 18.7 Å². The second-order valence-electron chi connectivity index (χ2n) is 7.77. The number of nitrogens with zero attached hydrogens (tertiary/aromatic N) is 6. The van der Waals surface area contributed by atoms with Crippen molar-refractivity contribution in [2.75, 3.05) is 13.1 Å². The molecular weight excluding hydrogens is 371 g/mol. The minimum Gasteiger partial charge on any atom is -0.337 e. The van der Waals surface area contributed by atoms with Crippen LogP contribution in [0.3, 0.4) is 0 Å². The van der Waals surface area contributed by atoms with Crippen LogP contribution < -0.4 is 0 Å². The predicted molar refractivity (Wildman–Crippen MR) is 104 cm³/mol. The number of carbonyl (C=O) groups excluding carboxylic acids is 1. The Labute approximate surface area is 168 Å². The second kappa shape index (κ2) is 7.42. The SMILES string of the molecule is O=C(c1nn(-c2ccc(F)cc2)c2c1CCCC2)N1CCC(n2cncn2)CC1. The number of halogens is 1. The van der Waals surface area contributed by atoms with Crippen molar-refractivity contribution in [3.8, 4) is 5.69 Å². The summed E-state index contributed by atoms with van der Waals surface area (Å²) in [7, 11) is 0. The van der Waals surface area contributed by atoms with Gasteiger partial charge in [0, 0.05) is 24.3 Å². The van der Waals surface area contributed by atoms with Gasteiger partial charge in [-0.1, -0.05) is 0 Å². The molecule has 3 heterocycles. The van der Waals surface area contributed by atoms with E-state index in [1.165, 1.54) is 12.1 Å². The van der Waals surface area contributed by atoms with Gasteiger partial charge in [-0.15, -0.1) is 0 Å². The molecule has 1 aliphatic carbocycles. The quantitative estimate of drug-likeness (QED) is 0.685. The van der Waals surface area contributed by atoms with Crippen LogP contribution in [-0.2, 0) is 12.8 Å². The fraction of sp³-hybridized carbons (Fsp3) is 0.429. The van der Waals surface area contributed by atoms with Crippen LogP contribution in [-0.4, -0.2) is 48.4 Å². The zero-order valence-corrected chi connectivity index (χ0v) is 16.2. The van der Waals surface area contributed by atoms with E-state index in [0.717, 1.165) is 55.5 Å².